The van der Waals surface area contributed by atoms with Crippen LogP contribution in [0.3, 0.4) is 0 Å². The molecule has 2 amide bonds. The quantitative estimate of drug-likeness (QED) is 0.231. The summed E-state index contributed by atoms with van der Waals surface area (Å²) in [6.07, 6.45) is 1.46. The number of hydrazone groups is 1. The van der Waals surface area contributed by atoms with Crippen LogP contribution in [0.25, 0.3) is 5.69 Å². The Labute approximate surface area is 238 Å². The first-order chi connectivity index (χ1) is 20.0. The third kappa shape index (κ3) is 7.03. The zero-order valence-electron chi connectivity index (χ0n) is 23.0. The largest absolute Gasteiger partial charge is 0.486 e. The number of carbonyl (C=O) groups excluding carboxylic acids is 2. The molecular weight excluding hydrogens is 524 g/mol. The summed E-state index contributed by atoms with van der Waals surface area (Å²) in [6, 6.07) is 22.4. The summed E-state index contributed by atoms with van der Waals surface area (Å²) in [5, 5.41) is 4.03. The van der Waals surface area contributed by atoms with Crippen molar-refractivity contribution < 1.29 is 28.2 Å². The average Bonchev–Trinajstić information content (AvgIpc) is 3.62. The smallest absolute Gasteiger partial charge is 0.307 e. The number of nitrogens with zero attached hydrogens (tertiary/aromatic N) is 3. The number of carbonyl (C=O) groups is 2. The molecule has 0 saturated carbocycles. The Balaban J connectivity index is 1.11. The first-order valence-electron chi connectivity index (χ1n) is 13.4. The number of amides is 2. The number of furan rings is 1. The van der Waals surface area contributed by atoms with Crippen molar-refractivity contribution in [2.75, 3.05) is 32.9 Å². The maximum absolute atomic E-state index is 12.5. The second kappa shape index (κ2) is 13.0. The molecule has 0 aliphatic carbocycles. The number of hydrogen-bond donors (Lipinski definition) is 1. The van der Waals surface area contributed by atoms with Crippen molar-refractivity contribution in [2.24, 2.45) is 5.10 Å². The summed E-state index contributed by atoms with van der Waals surface area (Å²) >= 11 is 0. The Kier molecular flexibility index (Phi) is 8.80. The lowest BCUT2D eigenvalue weighted by atomic mass is 10.2. The van der Waals surface area contributed by atoms with Gasteiger partial charge in [0, 0.05) is 35.7 Å². The summed E-state index contributed by atoms with van der Waals surface area (Å²) in [5.41, 5.74) is 6.46. The van der Waals surface area contributed by atoms with Gasteiger partial charge in [-0.3, -0.25) is 9.59 Å². The lowest BCUT2D eigenvalue weighted by Gasteiger charge is -2.26. The van der Waals surface area contributed by atoms with Crippen LogP contribution >= 0.6 is 0 Å². The van der Waals surface area contributed by atoms with Gasteiger partial charge < -0.3 is 28.1 Å². The molecule has 4 aromatic rings. The molecule has 0 spiro atoms. The minimum Gasteiger partial charge on any atom is -0.486 e. The minimum absolute atomic E-state index is 0.0922. The van der Waals surface area contributed by atoms with Crippen LogP contribution in [0.15, 0.2) is 82.3 Å². The van der Waals surface area contributed by atoms with Gasteiger partial charge in [0.2, 0.25) is 0 Å². The Morgan fingerprint density at radius 1 is 0.927 bits per heavy atom. The summed E-state index contributed by atoms with van der Waals surface area (Å²) in [4.78, 5) is 26.6. The van der Waals surface area contributed by atoms with Gasteiger partial charge in [-0.2, -0.15) is 5.10 Å². The zero-order chi connectivity index (χ0) is 28.6. The van der Waals surface area contributed by atoms with Gasteiger partial charge in [0.25, 0.3) is 5.91 Å². The van der Waals surface area contributed by atoms with Crippen molar-refractivity contribution in [3.05, 3.63) is 101 Å². The molecule has 1 aliphatic heterocycles. The highest BCUT2D eigenvalue weighted by atomic mass is 16.5. The fraction of sp³-hybridized carbons (Fsp3) is 0.258. The van der Waals surface area contributed by atoms with E-state index >= 15 is 0 Å². The second-order valence-electron chi connectivity index (χ2n) is 9.52. The highest BCUT2D eigenvalue weighted by molar-refractivity contribution is 5.92. The topological polar surface area (TPSA) is 108 Å². The zero-order valence-corrected chi connectivity index (χ0v) is 23.0. The minimum atomic E-state index is -0.504. The normalized spacial score (nSPS) is 13.4. The number of hydrogen-bond acceptors (Lipinski definition) is 7. The van der Waals surface area contributed by atoms with Crippen LogP contribution in [0.1, 0.15) is 33.3 Å². The Morgan fingerprint density at radius 2 is 1.66 bits per heavy atom. The third-order valence-corrected chi connectivity index (χ3v) is 6.64. The molecule has 41 heavy (non-hydrogen) atoms. The molecule has 2 aromatic heterocycles. The first kappa shape index (κ1) is 27.7. The molecular formula is C31H32N4O6. The van der Waals surface area contributed by atoms with Crippen molar-refractivity contribution in [3.63, 3.8) is 0 Å². The van der Waals surface area contributed by atoms with Crippen LogP contribution in [0.2, 0.25) is 0 Å². The van der Waals surface area contributed by atoms with Gasteiger partial charge in [-0.1, -0.05) is 12.1 Å². The monoisotopic (exact) mass is 556 g/mol. The molecule has 0 radical (unpaired) electrons. The Hall–Kier alpha value is -4.83. The Morgan fingerprint density at radius 3 is 2.41 bits per heavy atom. The van der Waals surface area contributed by atoms with Crippen LogP contribution < -0.4 is 14.9 Å². The van der Waals surface area contributed by atoms with Crippen molar-refractivity contribution >= 4 is 18.0 Å². The van der Waals surface area contributed by atoms with Crippen LogP contribution in [0, 0.1) is 13.8 Å². The molecule has 1 N–H and O–H groups in total. The fourth-order valence-corrected chi connectivity index (χ4v) is 4.48. The van der Waals surface area contributed by atoms with Gasteiger partial charge in [-0.05, 0) is 74.5 Å². The van der Waals surface area contributed by atoms with Gasteiger partial charge >= 0.3 is 5.91 Å². The molecule has 10 heteroatoms. The van der Waals surface area contributed by atoms with Crippen molar-refractivity contribution in [1.29, 1.82) is 0 Å². The van der Waals surface area contributed by atoms with Crippen LogP contribution in [-0.4, -0.2) is 60.4 Å². The van der Waals surface area contributed by atoms with Crippen molar-refractivity contribution in [2.45, 2.75) is 20.5 Å². The van der Waals surface area contributed by atoms with E-state index in [0.717, 1.165) is 17.1 Å². The summed E-state index contributed by atoms with van der Waals surface area (Å²) in [6.45, 7) is 6.38. The van der Waals surface area contributed by atoms with E-state index in [1.54, 1.807) is 35.2 Å². The highest BCUT2D eigenvalue weighted by Crippen LogP contribution is 2.21. The molecule has 3 heterocycles. The first-order valence-corrected chi connectivity index (χ1v) is 13.4. The average molecular weight is 557 g/mol. The van der Waals surface area contributed by atoms with E-state index < -0.39 is 5.91 Å². The molecule has 1 aliphatic rings. The molecule has 2 aromatic carbocycles. The highest BCUT2D eigenvalue weighted by Gasteiger charge is 2.17. The van der Waals surface area contributed by atoms with Gasteiger partial charge in [-0.15, -0.1) is 0 Å². The number of aromatic nitrogens is 1. The lowest BCUT2D eigenvalue weighted by molar-refractivity contribution is -0.137. The number of benzene rings is 2. The number of para-hydroxylation sites is 1. The number of rotatable bonds is 10. The molecule has 0 unspecified atom stereocenters. The molecule has 212 valence electrons. The number of aryl methyl sites for hydroxylation is 2. The SMILES string of the molecule is Cc1ccc(C)n1-c1ccc(OCc2ccc(C(=O)N/N=C/c3ccccc3OCC(=O)N3CCOCC3)o2)cc1. The van der Waals surface area contributed by atoms with Crippen LogP contribution in [0.4, 0.5) is 0 Å². The van der Waals surface area contributed by atoms with Gasteiger partial charge in [-0.25, -0.2) is 5.43 Å². The number of morpholine rings is 1. The summed E-state index contributed by atoms with van der Waals surface area (Å²) in [7, 11) is 0. The van der Waals surface area contributed by atoms with Gasteiger partial charge in [0.15, 0.2) is 12.4 Å². The number of ether oxygens (including phenoxy) is 3. The molecule has 1 fully saturated rings. The van der Waals surface area contributed by atoms with Crippen molar-refractivity contribution in [3.8, 4) is 17.2 Å². The van der Waals surface area contributed by atoms with Gasteiger partial charge in [0.05, 0.1) is 19.4 Å². The standard InChI is InChI=1S/C31H32N4O6/c1-22-7-8-23(2)35(22)25-9-11-26(12-10-25)39-20-27-13-14-29(41-27)31(37)33-32-19-24-5-3-4-6-28(24)40-21-30(36)34-15-17-38-18-16-34/h3-14,19H,15-18,20-21H2,1-2H3,(H,33,37)/b32-19+. The molecule has 0 atom stereocenters. The van der Waals surface area contributed by atoms with E-state index in [0.29, 0.717) is 49.1 Å². The van der Waals surface area contributed by atoms with E-state index in [9.17, 15) is 9.59 Å². The van der Waals surface area contributed by atoms with E-state index in [1.807, 2.05) is 30.3 Å². The van der Waals surface area contributed by atoms with E-state index in [4.69, 9.17) is 18.6 Å². The molecule has 10 nitrogen and oxygen atoms in total. The predicted octanol–water partition coefficient (Wildman–Crippen LogP) is 4.27. The van der Waals surface area contributed by atoms with Crippen LogP contribution in [0.5, 0.6) is 11.5 Å². The van der Waals surface area contributed by atoms with Gasteiger partial charge in [0.1, 0.15) is 23.9 Å². The predicted molar refractivity (Wildman–Crippen MR) is 153 cm³/mol. The number of nitrogens with one attached hydrogen (secondary N) is 1. The van der Waals surface area contributed by atoms with Crippen LogP contribution in [-0.2, 0) is 16.1 Å². The molecule has 1 saturated heterocycles. The van der Waals surface area contributed by atoms with Crippen molar-refractivity contribution in [1.82, 2.24) is 14.9 Å². The summed E-state index contributed by atoms with van der Waals surface area (Å²) < 4.78 is 24.7. The molecule has 5 rings (SSSR count). The lowest BCUT2D eigenvalue weighted by Crippen LogP contribution is -2.43. The second-order valence-corrected chi connectivity index (χ2v) is 9.52. The third-order valence-electron chi connectivity index (χ3n) is 6.64. The van der Waals surface area contributed by atoms with E-state index in [2.05, 4.69) is 41.1 Å². The molecule has 0 bridgehead atoms. The van der Waals surface area contributed by atoms with E-state index in [1.165, 1.54) is 6.21 Å². The fourth-order valence-electron chi connectivity index (χ4n) is 4.48. The maximum Gasteiger partial charge on any atom is 0.307 e. The summed E-state index contributed by atoms with van der Waals surface area (Å²) in [5.74, 6) is 1.17. The maximum atomic E-state index is 12.5. The Bertz CT molecular complexity index is 1500. The van der Waals surface area contributed by atoms with E-state index in [-0.39, 0.29) is 24.9 Å².